The number of rotatable bonds is 6. The van der Waals surface area contributed by atoms with E-state index in [0.717, 1.165) is 35.1 Å². The van der Waals surface area contributed by atoms with E-state index >= 15 is 0 Å². The fourth-order valence-corrected chi connectivity index (χ4v) is 4.06. The molecule has 0 aliphatic carbocycles. The van der Waals surface area contributed by atoms with E-state index in [-0.39, 0.29) is 24.5 Å². The molecule has 1 saturated heterocycles. The van der Waals surface area contributed by atoms with Crippen molar-refractivity contribution in [2.24, 2.45) is 0 Å². The van der Waals surface area contributed by atoms with Gasteiger partial charge >= 0.3 is 6.03 Å². The summed E-state index contributed by atoms with van der Waals surface area (Å²) in [5, 5.41) is 4.03. The highest BCUT2D eigenvalue weighted by Crippen LogP contribution is 2.30. The summed E-state index contributed by atoms with van der Waals surface area (Å²) in [5.41, 5.74) is 4.56. The van der Waals surface area contributed by atoms with Crippen molar-refractivity contribution >= 4 is 29.3 Å². The molecule has 3 aromatic rings. The first-order valence-electron chi connectivity index (χ1n) is 10.8. The van der Waals surface area contributed by atoms with E-state index in [4.69, 9.17) is 9.47 Å². The molecule has 2 amide bonds. The third-order valence-corrected chi connectivity index (χ3v) is 5.81. The van der Waals surface area contributed by atoms with Gasteiger partial charge in [0.15, 0.2) is 0 Å². The first kappa shape index (κ1) is 23.8. The molecule has 0 unspecified atom stereocenters. The number of halogens is 1. The van der Waals surface area contributed by atoms with Crippen LogP contribution in [0.1, 0.15) is 18.4 Å². The monoisotopic (exact) mass is 455 g/mol. The van der Waals surface area contributed by atoms with Gasteiger partial charge in [-0.15, -0.1) is 12.4 Å². The Balaban J connectivity index is 0.00000289. The molecule has 1 N–H and O–H groups in total. The summed E-state index contributed by atoms with van der Waals surface area (Å²) >= 11 is 0. The van der Waals surface area contributed by atoms with Crippen molar-refractivity contribution in [1.29, 1.82) is 0 Å². The van der Waals surface area contributed by atoms with Crippen LogP contribution in [-0.4, -0.2) is 55.4 Å². The number of urea groups is 1. The first-order chi connectivity index (χ1) is 15.2. The maximum Gasteiger partial charge on any atom is 0.317 e. The molecule has 0 saturated carbocycles. The third-order valence-electron chi connectivity index (χ3n) is 5.81. The van der Waals surface area contributed by atoms with E-state index in [2.05, 4.69) is 47.6 Å². The van der Waals surface area contributed by atoms with Crippen molar-refractivity contribution in [3.8, 4) is 16.9 Å². The highest BCUT2D eigenvalue weighted by Gasteiger charge is 2.23. The fourth-order valence-electron chi connectivity index (χ4n) is 4.06. The molecule has 1 aliphatic heterocycles. The summed E-state index contributed by atoms with van der Waals surface area (Å²) in [6.07, 6.45) is 3.62. The Kier molecular flexibility index (Phi) is 8.31. The standard InChI is InChI=1S/C25H29N3O3.ClH/c1-18-23(10-7-20-4-3-13-26-24(18)20)19-5-8-21(9-6-19)31-22-11-15-28(16-12-22)25(29)27-14-17-30-2;/h3-10,13,22H,11-12,14-17H2,1-2H3,(H,27,29);1H. The van der Waals surface area contributed by atoms with Gasteiger partial charge in [-0.25, -0.2) is 4.79 Å². The zero-order valence-electron chi connectivity index (χ0n) is 18.5. The highest BCUT2D eigenvalue weighted by atomic mass is 35.5. The van der Waals surface area contributed by atoms with Crippen LogP contribution in [0.5, 0.6) is 5.75 Å². The smallest absolute Gasteiger partial charge is 0.317 e. The van der Waals surface area contributed by atoms with E-state index < -0.39 is 0 Å². The molecule has 1 aliphatic rings. The van der Waals surface area contributed by atoms with Crippen LogP contribution >= 0.6 is 12.4 Å². The second kappa shape index (κ2) is 11.2. The molecular formula is C25H30ClN3O3. The predicted molar refractivity (Wildman–Crippen MR) is 130 cm³/mol. The van der Waals surface area contributed by atoms with Gasteiger partial charge in [0.05, 0.1) is 12.1 Å². The number of amides is 2. The Morgan fingerprint density at radius 3 is 2.59 bits per heavy atom. The Labute approximate surface area is 195 Å². The van der Waals surface area contributed by atoms with Crippen LogP contribution in [0.4, 0.5) is 4.79 Å². The molecule has 32 heavy (non-hydrogen) atoms. The number of carbonyl (C=O) groups is 1. The quantitative estimate of drug-likeness (QED) is 0.540. The molecule has 1 fully saturated rings. The number of hydrogen-bond donors (Lipinski definition) is 1. The number of piperidine rings is 1. The minimum absolute atomic E-state index is 0. The lowest BCUT2D eigenvalue weighted by Crippen LogP contribution is -2.47. The van der Waals surface area contributed by atoms with Gasteiger partial charge in [0.2, 0.25) is 0 Å². The topological polar surface area (TPSA) is 63.7 Å². The first-order valence-corrected chi connectivity index (χ1v) is 10.8. The number of fused-ring (bicyclic) bond motifs is 1. The van der Waals surface area contributed by atoms with Crippen molar-refractivity contribution in [2.45, 2.75) is 25.9 Å². The number of methoxy groups -OCH3 is 1. The van der Waals surface area contributed by atoms with Gasteiger partial charge < -0.3 is 19.7 Å². The average molecular weight is 456 g/mol. The van der Waals surface area contributed by atoms with Crippen LogP contribution in [0.25, 0.3) is 22.0 Å². The average Bonchev–Trinajstić information content (AvgIpc) is 2.81. The SMILES string of the molecule is COCCNC(=O)N1CCC(Oc2ccc(-c3ccc4cccnc4c3C)cc2)CC1.Cl. The second-order valence-electron chi connectivity index (χ2n) is 7.87. The highest BCUT2D eigenvalue weighted by molar-refractivity contribution is 5.88. The van der Waals surface area contributed by atoms with Gasteiger partial charge in [-0.3, -0.25) is 4.98 Å². The minimum atomic E-state index is -0.0277. The van der Waals surface area contributed by atoms with Crippen LogP contribution < -0.4 is 10.1 Å². The Bertz CT molecular complexity index is 1030. The number of pyridine rings is 1. The zero-order chi connectivity index (χ0) is 21.6. The molecule has 0 radical (unpaired) electrons. The van der Waals surface area contributed by atoms with E-state index in [1.54, 1.807) is 7.11 Å². The Hall–Kier alpha value is -2.83. The van der Waals surface area contributed by atoms with Crippen molar-refractivity contribution in [3.63, 3.8) is 0 Å². The summed E-state index contributed by atoms with van der Waals surface area (Å²) in [6, 6.07) is 16.6. The molecule has 1 aromatic heterocycles. The molecule has 0 spiro atoms. The van der Waals surface area contributed by atoms with Crippen molar-refractivity contribution in [2.75, 3.05) is 33.4 Å². The largest absolute Gasteiger partial charge is 0.490 e. The Morgan fingerprint density at radius 1 is 1.12 bits per heavy atom. The summed E-state index contributed by atoms with van der Waals surface area (Å²) in [7, 11) is 1.63. The number of likely N-dealkylation sites (tertiary alicyclic amines) is 1. The lowest BCUT2D eigenvalue weighted by molar-refractivity contribution is 0.110. The number of ether oxygens (including phenoxy) is 2. The molecule has 170 valence electrons. The molecule has 0 atom stereocenters. The maximum absolute atomic E-state index is 12.1. The number of nitrogens with one attached hydrogen (secondary N) is 1. The molecule has 6 nitrogen and oxygen atoms in total. The summed E-state index contributed by atoms with van der Waals surface area (Å²) in [5.74, 6) is 0.864. The number of aryl methyl sites for hydroxylation is 1. The van der Waals surface area contributed by atoms with Gasteiger partial charge in [-0.1, -0.05) is 30.3 Å². The van der Waals surface area contributed by atoms with Crippen molar-refractivity contribution in [1.82, 2.24) is 15.2 Å². The second-order valence-corrected chi connectivity index (χ2v) is 7.87. The van der Waals surface area contributed by atoms with Gasteiger partial charge in [-0.2, -0.15) is 0 Å². The van der Waals surface area contributed by atoms with Gasteiger partial charge in [-0.05, 0) is 41.8 Å². The normalized spacial score (nSPS) is 14.1. The molecule has 2 heterocycles. The summed E-state index contributed by atoms with van der Waals surface area (Å²) in [6.45, 7) is 4.57. The van der Waals surface area contributed by atoms with Crippen molar-refractivity contribution in [3.05, 3.63) is 60.3 Å². The lowest BCUT2D eigenvalue weighted by Gasteiger charge is -2.32. The zero-order valence-corrected chi connectivity index (χ0v) is 19.4. The number of benzene rings is 2. The van der Waals surface area contributed by atoms with E-state index in [1.165, 1.54) is 11.1 Å². The number of carbonyl (C=O) groups excluding carboxylic acids is 1. The van der Waals surface area contributed by atoms with Crippen LogP contribution in [0.15, 0.2) is 54.7 Å². The fraction of sp³-hybridized carbons (Fsp3) is 0.360. The van der Waals surface area contributed by atoms with E-state index in [1.807, 2.05) is 29.3 Å². The predicted octanol–water partition coefficient (Wildman–Crippen LogP) is 4.83. The third kappa shape index (κ3) is 5.50. The minimum Gasteiger partial charge on any atom is -0.490 e. The Morgan fingerprint density at radius 2 is 1.88 bits per heavy atom. The van der Waals surface area contributed by atoms with Crippen molar-refractivity contribution < 1.29 is 14.3 Å². The molecule has 7 heteroatoms. The molecule has 2 aromatic carbocycles. The number of aromatic nitrogens is 1. The lowest BCUT2D eigenvalue weighted by atomic mass is 9.98. The van der Waals surface area contributed by atoms with Crippen LogP contribution in [0.3, 0.4) is 0 Å². The van der Waals surface area contributed by atoms with E-state index in [9.17, 15) is 4.79 Å². The van der Waals surface area contributed by atoms with Gasteiger partial charge in [0, 0.05) is 51.2 Å². The van der Waals surface area contributed by atoms with Gasteiger partial charge in [0.1, 0.15) is 11.9 Å². The van der Waals surface area contributed by atoms with Gasteiger partial charge in [0.25, 0.3) is 0 Å². The van der Waals surface area contributed by atoms with E-state index in [0.29, 0.717) is 26.2 Å². The number of nitrogens with zero attached hydrogens (tertiary/aromatic N) is 2. The summed E-state index contributed by atoms with van der Waals surface area (Å²) in [4.78, 5) is 18.5. The van der Waals surface area contributed by atoms with Crippen LogP contribution in [0.2, 0.25) is 0 Å². The maximum atomic E-state index is 12.1. The molecule has 4 rings (SSSR count). The van der Waals surface area contributed by atoms with Crippen LogP contribution in [-0.2, 0) is 4.74 Å². The molecular weight excluding hydrogens is 426 g/mol. The summed E-state index contributed by atoms with van der Waals surface area (Å²) < 4.78 is 11.2. The number of hydrogen-bond acceptors (Lipinski definition) is 4. The van der Waals surface area contributed by atoms with Crippen LogP contribution in [0, 0.1) is 6.92 Å². The molecule has 0 bridgehead atoms.